The molecule has 4 rings (SSSR count). The van der Waals surface area contributed by atoms with Crippen molar-refractivity contribution in [1.29, 1.82) is 0 Å². The summed E-state index contributed by atoms with van der Waals surface area (Å²) in [6.45, 7) is 2.07. The number of nitrogens with zero attached hydrogens (tertiary/aromatic N) is 3. The van der Waals surface area contributed by atoms with Crippen LogP contribution in [0.2, 0.25) is 0 Å². The molecule has 0 bridgehead atoms. The molecule has 0 fully saturated rings. The van der Waals surface area contributed by atoms with Crippen molar-refractivity contribution in [1.82, 2.24) is 14.8 Å². The third-order valence-electron chi connectivity index (χ3n) is 4.37. The largest absolute Gasteiger partial charge is 0.348 e. The number of anilines is 1. The molecule has 1 aliphatic rings. The third-order valence-corrected chi connectivity index (χ3v) is 4.37. The Hall–Kier alpha value is -2.69. The molecule has 0 saturated carbocycles. The van der Waals surface area contributed by atoms with E-state index in [1.807, 2.05) is 12.1 Å². The standard InChI is InChI=1S/C18H17FN4/c1-12-6-8-13(9-7-12)16-10-17(14-4-2-3-5-15(14)19)23-18(22-16)20-11-21-23/h2-9,11,16-17H,10H2,1H3,(H,20,21,22)/t16-,17+/m0/s1. The molecule has 2 aromatic carbocycles. The third kappa shape index (κ3) is 2.48. The highest BCUT2D eigenvalue weighted by Crippen LogP contribution is 2.37. The number of nitrogens with one attached hydrogen (secondary N) is 1. The van der Waals surface area contributed by atoms with Crippen LogP contribution < -0.4 is 5.32 Å². The number of halogens is 1. The summed E-state index contributed by atoms with van der Waals surface area (Å²) in [4.78, 5) is 4.27. The van der Waals surface area contributed by atoms with Gasteiger partial charge in [0.25, 0.3) is 0 Å². The number of hydrogen-bond donors (Lipinski definition) is 1. The van der Waals surface area contributed by atoms with E-state index in [9.17, 15) is 4.39 Å². The monoisotopic (exact) mass is 308 g/mol. The van der Waals surface area contributed by atoms with Crippen molar-refractivity contribution in [3.63, 3.8) is 0 Å². The molecule has 2 atom stereocenters. The molecule has 0 radical (unpaired) electrons. The van der Waals surface area contributed by atoms with Gasteiger partial charge in [0.15, 0.2) is 0 Å². The van der Waals surface area contributed by atoms with E-state index in [4.69, 9.17) is 0 Å². The van der Waals surface area contributed by atoms with Gasteiger partial charge in [-0.1, -0.05) is 48.0 Å². The van der Waals surface area contributed by atoms with Crippen LogP contribution in [0.25, 0.3) is 0 Å². The fourth-order valence-electron chi connectivity index (χ4n) is 3.14. The molecule has 3 aromatic rings. The fourth-order valence-corrected chi connectivity index (χ4v) is 3.14. The molecule has 5 heteroatoms. The van der Waals surface area contributed by atoms with Gasteiger partial charge in [0, 0.05) is 5.56 Å². The van der Waals surface area contributed by atoms with Gasteiger partial charge in [0.05, 0.1) is 12.1 Å². The summed E-state index contributed by atoms with van der Waals surface area (Å²) in [6, 6.07) is 15.2. The topological polar surface area (TPSA) is 42.7 Å². The van der Waals surface area contributed by atoms with E-state index >= 15 is 0 Å². The smallest absolute Gasteiger partial charge is 0.222 e. The first-order valence-corrected chi connectivity index (χ1v) is 7.69. The lowest BCUT2D eigenvalue weighted by molar-refractivity contribution is 0.416. The molecule has 0 aliphatic carbocycles. The summed E-state index contributed by atoms with van der Waals surface area (Å²) in [5.41, 5.74) is 3.04. The minimum atomic E-state index is -0.205. The summed E-state index contributed by atoms with van der Waals surface area (Å²) in [7, 11) is 0. The Bertz CT molecular complexity index is 825. The number of fused-ring (bicyclic) bond motifs is 1. The summed E-state index contributed by atoms with van der Waals surface area (Å²) in [5, 5.41) is 7.67. The van der Waals surface area contributed by atoms with Crippen LogP contribution in [0.3, 0.4) is 0 Å². The molecular formula is C18H17FN4. The van der Waals surface area contributed by atoms with E-state index < -0.39 is 0 Å². The van der Waals surface area contributed by atoms with Gasteiger partial charge in [-0.05, 0) is 25.0 Å². The minimum absolute atomic E-state index is 0.0805. The van der Waals surface area contributed by atoms with Crippen molar-refractivity contribution in [2.75, 3.05) is 5.32 Å². The maximum absolute atomic E-state index is 14.3. The predicted molar refractivity (Wildman–Crippen MR) is 86.7 cm³/mol. The molecular weight excluding hydrogens is 291 g/mol. The summed E-state index contributed by atoms with van der Waals surface area (Å²) in [5.74, 6) is 0.471. The van der Waals surface area contributed by atoms with E-state index in [2.05, 4.69) is 46.6 Å². The lowest BCUT2D eigenvalue weighted by Gasteiger charge is -2.32. The lowest BCUT2D eigenvalue weighted by Crippen LogP contribution is -2.28. The summed E-state index contributed by atoms with van der Waals surface area (Å²) >= 11 is 0. The van der Waals surface area contributed by atoms with Gasteiger partial charge in [-0.3, -0.25) is 0 Å². The molecule has 23 heavy (non-hydrogen) atoms. The molecule has 0 spiro atoms. The van der Waals surface area contributed by atoms with Gasteiger partial charge >= 0.3 is 0 Å². The lowest BCUT2D eigenvalue weighted by atomic mass is 9.93. The average molecular weight is 308 g/mol. The maximum atomic E-state index is 14.3. The Morgan fingerprint density at radius 1 is 1.13 bits per heavy atom. The molecule has 1 aliphatic heterocycles. The number of rotatable bonds is 2. The van der Waals surface area contributed by atoms with Crippen LogP contribution in [0.1, 0.15) is 35.2 Å². The van der Waals surface area contributed by atoms with Crippen molar-refractivity contribution in [2.45, 2.75) is 25.4 Å². The van der Waals surface area contributed by atoms with E-state index in [-0.39, 0.29) is 17.9 Å². The zero-order chi connectivity index (χ0) is 15.8. The van der Waals surface area contributed by atoms with Gasteiger partial charge in [-0.25, -0.2) is 9.07 Å². The summed E-state index contributed by atoms with van der Waals surface area (Å²) < 4.78 is 16.0. The zero-order valence-corrected chi connectivity index (χ0v) is 12.8. The number of hydrogen-bond acceptors (Lipinski definition) is 3. The van der Waals surface area contributed by atoms with Gasteiger partial charge < -0.3 is 5.32 Å². The van der Waals surface area contributed by atoms with Crippen LogP contribution in [0, 0.1) is 12.7 Å². The normalized spacial score (nSPS) is 19.9. The molecule has 0 unspecified atom stereocenters. The van der Waals surface area contributed by atoms with Crippen LogP contribution in [0.4, 0.5) is 10.3 Å². The van der Waals surface area contributed by atoms with Crippen LogP contribution in [0.15, 0.2) is 54.9 Å². The highest BCUT2D eigenvalue weighted by molar-refractivity contribution is 5.38. The molecule has 0 amide bonds. The second-order valence-corrected chi connectivity index (χ2v) is 5.91. The molecule has 4 nitrogen and oxygen atoms in total. The van der Waals surface area contributed by atoms with Gasteiger partial charge in [-0.15, -0.1) is 0 Å². The molecule has 0 saturated heterocycles. The van der Waals surface area contributed by atoms with E-state index in [0.29, 0.717) is 11.5 Å². The predicted octanol–water partition coefficient (Wildman–Crippen LogP) is 3.87. The van der Waals surface area contributed by atoms with E-state index in [0.717, 1.165) is 6.42 Å². The number of benzene rings is 2. The highest BCUT2D eigenvalue weighted by Gasteiger charge is 2.31. The molecule has 116 valence electrons. The molecule has 1 aromatic heterocycles. The second-order valence-electron chi connectivity index (χ2n) is 5.91. The highest BCUT2D eigenvalue weighted by atomic mass is 19.1. The van der Waals surface area contributed by atoms with Crippen molar-refractivity contribution >= 4 is 5.95 Å². The SMILES string of the molecule is Cc1ccc([C@@H]2C[C@H](c3ccccc3F)n3ncnc3N2)cc1. The van der Waals surface area contributed by atoms with Crippen molar-refractivity contribution in [2.24, 2.45) is 0 Å². The van der Waals surface area contributed by atoms with Crippen molar-refractivity contribution < 1.29 is 4.39 Å². The first-order chi connectivity index (χ1) is 11.2. The molecule has 1 N–H and O–H groups in total. The van der Waals surface area contributed by atoms with Crippen molar-refractivity contribution in [3.8, 4) is 0 Å². The fraction of sp³-hybridized carbons (Fsp3) is 0.222. The van der Waals surface area contributed by atoms with Crippen LogP contribution in [-0.4, -0.2) is 14.8 Å². The van der Waals surface area contributed by atoms with Gasteiger partial charge in [0.1, 0.15) is 12.1 Å². The minimum Gasteiger partial charge on any atom is -0.348 e. The maximum Gasteiger partial charge on any atom is 0.222 e. The molecule has 2 heterocycles. The zero-order valence-electron chi connectivity index (χ0n) is 12.8. The van der Waals surface area contributed by atoms with Crippen LogP contribution in [0.5, 0.6) is 0 Å². The Morgan fingerprint density at radius 2 is 1.91 bits per heavy atom. The van der Waals surface area contributed by atoms with E-state index in [1.54, 1.807) is 10.7 Å². The Morgan fingerprint density at radius 3 is 2.70 bits per heavy atom. The second kappa shape index (κ2) is 5.50. The number of aryl methyl sites for hydroxylation is 1. The van der Waals surface area contributed by atoms with Crippen LogP contribution in [-0.2, 0) is 0 Å². The average Bonchev–Trinajstić information content (AvgIpc) is 3.04. The Labute approximate surface area is 134 Å². The Kier molecular flexibility index (Phi) is 3.33. The number of aromatic nitrogens is 3. The quantitative estimate of drug-likeness (QED) is 0.781. The summed E-state index contributed by atoms with van der Waals surface area (Å²) in [6.07, 6.45) is 2.23. The van der Waals surface area contributed by atoms with Crippen molar-refractivity contribution in [3.05, 3.63) is 77.4 Å². The van der Waals surface area contributed by atoms with Crippen LogP contribution >= 0.6 is 0 Å². The first-order valence-electron chi connectivity index (χ1n) is 7.69. The Balaban J connectivity index is 1.75. The van der Waals surface area contributed by atoms with E-state index in [1.165, 1.54) is 23.5 Å². The van der Waals surface area contributed by atoms with Gasteiger partial charge in [0.2, 0.25) is 5.95 Å². The first kappa shape index (κ1) is 13.9. The van der Waals surface area contributed by atoms with Gasteiger partial charge in [-0.2, -0.15) is 10.1 Å².